The Hall–Kier alpha value is -3.30. The molecule has 2 aromatic rings. The molecule has 1 fully saturated rings. The van der Waals surface area contributed by atoms with E-state index < -0.39 is 23.4 Å². The molecule has 0 spiro atoms. The third-order valence-electron chi connectivity index (χ3n) is 5.20. The Labute approximate surface area is 186 Å². The van der Waals surface area contributed by atoms with Crippen LogP contribution in [0.1, 0.15) is 35.3 Å². The fourth-order valence-electron chi connectivity index (χ4n) is 3.78. The maximum Gasteiger partial charge on any atom is 0.338 e. The lowest BCUT2D eigenvalue weighted by Gasteiger charge is -2.35. The molecule has 9 nitrogen and oxygen atoms in total. The molecule has 1 saturated heterocycles. The number of carbonyl (C=O) groups is 2. The van der Waals surface area contributed by atoms with Crippen LogP contribution in [-0.4, -0.2) is 53.6 Å². The molecule has 2 aromatic carbocycles. The van der Waals surface area contributed by atoms with E-state index in [4.69, 9.17) is 9.47 Å². The second kappa shape index (κ2) is 10.3. The number of morpholine rings is 1. The topological polar surface area (TPSA) is 111 Å². The number of nitro benzene ring substituents is 1. The standard InChI is InChI=1S/C23H27N3O6/c1-15-11-25(12-16(2)32-15)13-18-7-9-19(10-8-18)23(28)31-14-22(27)24-20-5-4-6-21(17(20)3)26(29)30/h4-10,15-16H,11-14H2,1-3H3,(H,24,27). The zero-order chi connectivity index (χ0) is 23.3. The van der Waals surface area contributed by atoms with Crippen molar-refractivity contribution in [1.29, 1.82) is 0 Å². The van der Waals surface area contributed by atoms with Crippen LogP contribution >= 0.6 is 0 Å². The number of hydrogen-bond acceptors (Lipinski definition) is 7. The van der Waals surface area contributed by atoms with E-state index in [2.05, 4.69) is 24.1 Å². The van der Waals surface area contributed by atoms with Crippen LogP contribution in [0.4, 0.5) is 11.4 Å². The van der Waals surface area contributed by atoms with E-state index in [9.17, 15) is 19.7 Å². The van der Waals surface area contributed by atoms with Gasteiger partial charge in [-0.25, -0.2) is 4.79 Å². The number of carbonyl (C=O) groups excluding carboxylic acids is 2. The molecule has 0 radical (unpaired) electrons. The number of anilines is 1. The Morgan fingerprint density at radius 1 is 1.16 bits per heavy atom. The highest BCUT2D eigenvalue weighted by molar-refractivity contribution is 5.96. The Morgan fingerprint density at radius 3 is 2.44 bits per heavy atom. The Balaban J connectivity index is 1.51. The van der Waals surface area contributed by atoms with Gasteiger partial charge >= 0.3 is 5.97 Å². The summed E-state index contributed by atoms with van der Waals surface area (Å²) in [5.74, 6) is -1.19. The van der Waals surface area contributed by atoms with Crippen molar-refractivity contribution < 1.29 is 24.0 Å². The molecule has 2 atom stereocenters. The van der Waals surface area contributed by atoms with Crippen molar-refractivity contribution in [3.05, 3.63) is 69.3 Å². The molecule has 9 heteroatoms. The number of nitrogens with one attached hydrogen (secondary N) is 1. The van der Waals surface area contributed by atoms with Gasteiger partial charge in [0, 0.05) is 25.7 Å². The maximum atomic E-state index is 12.3. The van der Waals surface area contributed by atoms with Crippen molar-refractivity contribution in [1.82, 2.24) is 4.90 Å². The predicted octanol–water partition coefficient (Wildman–Crippen LogP) is 3.31. The van der Waals surface area contributed by atoms with Crippen molar-refractivity contribution in [2.24, 2.45) is 0 Å². The second-order valence-corrected chi connectivity index (χ2v) is 7.98. The van der Waals surface area contributed by atoms with Gasteiger partial charge in [0.05, 0.1) is 33.9 Å². The summed E-state index contributed by atoms with van der Waals surface area (Å²) in [6, 6.07) is 11.5. The number of hydrogen-bond donors (Lipinski definition) is 1. The van der Waals surface area contributed by atoms with E-state index in [0.29, 0.717) is 16.8 Å². The molecular weight excluding hydrogens is 414 g/mol. The summed E-state index contributed by atoms with van der Waals surface area (Å²) in [4.78, 5) is 37.2. The summed E-state index contributed by atoms with van der Waals surface area (Å²) in [5, 5.41) is 13.5. The smallest absolute Gasteiger partial charge is 0.338 e. The largest absolute Gasteiger partial charge is 0.452 e. The lowest BCUT2D eigenvalue weighted by atomic mass is 10.1. The Morgan fingerprint density at radius 2 is 1.81 bits per heavy atom. The summed E-state index contributed by atoms with van der Waals surface area (Å²) in [6.45, 7) is 7.63. The van der Waals surface area contributed by atoms with E-state index in [1.165, 1.54) is 12.1 Å². The molecule has 1 aliphatic heterocycles. The first kappa shape index (κ1) is 23.4. The van der Waals surface area contributed by atoms with Crippen molar-refractivity contribution in [2.75, 3.05) is 25.0 Å². The molecular formula is C23H27N3O6. The van der Waals surface area contributed by atoms with E-state index in [1.54, 1.807) is 25.1 Å². The number of esters is 1. The zero-order valence-electron chi connectivity index (χ0n) is 18.4. The summed E-state index contributed by atoms with van der Waals surface area (Å²) < 4.78 is 10.8. The molecule has 1 aliphatic rings. The third-order valence-corrected chi connectivity index (χ3v) is 5.20. The van der Waals surface area contributed by atoms with Gasteiger partial charge in [0.15, 0.2) is 6.61 Å². The van der Waals surface area contributed by atoms with Crippen molar-refractivity contribution in [3.8, 4) is 0 Å². The maximum absolute atomic E-state index is 12.3. The molecule has 3 rings (SSSR count). The highest BCUT2D eigenvalue weighted by atomic mass is 16.6. The van der Waals surface area contributed by atoms with Crippen LogP contribution in [0, 0.1) is 17.0 Å². The summed E-state index contributed by atoms with van der Waals surface area (Å²) in [7, 11) is 0. The molecule has 1 amide bonds. The van der Waals surface area contributed by atoms with Gasteiger partial charge in [0.2, 0.25) is 0 Å². The number of rotatable bonds is 7. The first-order valence-electron chi connectivity index (χ1n) is 10.4. The SMILES string of the molecule is Cc1c(NC(=O)COC(=O)c2ccc(CN3CC(C)OC(C)C3)cc2)cccc1[N+](=O)[O-]. The predicted molar refractivity (Wildman–Crippen MR) is 118 cm³/mol. The van der Waals surface area contributed by atoms with Crippen molar-refractivity contribution >= 4 is 23.3 Å². The number of nitrogens with zero attached hydrogens (tertiary/aromatic N) is 2. The highest BCUT2D eigenvalue weighted by Gasteiger charge is 2.22. The second-order valence-electron chi connectivity index (χ2n) is 7.98. The van der Waals surface area contributed by atoms with Gasteiger partial charge in [0.1, 0.15) is 0 Å². The van der Waals surface area contributed by atoms with E-state index in [-0.39, 0.29) is 17.9 Å². The fraction of sp³-hybridized carbons (Fsp3) is 0.391. The minimum atomic E-state index is -0.615. The van der Waals surface area contributed by atoms with Crippen LogP contribution in [0.5, 0.6) is 0 Å². The number of benzene rings is 2. The molecule has 0 saturated carbocycles. The van der Waals surface area contributed by atoms with Gasteiger partial charge < -0.3 is 14.8 Å². The lowest BCUT2D eigenvalue weighted by molar-refractivity contribution is -0.385. The lowest BCUT2D eigenvalue weighted by Crippen LogP contribution is -2.44. The molecule has 0 aromatic heterocycles. The number of amides is 1. The average Bonchev–Trinajstić information content (AvgIpc) is 2.73. The number of nitro groups is 1. The Kier molecular flexibility index (Phi) is 7.55. The number of ether oxygens (including phenoxy) is 2. The van der Waals surface area contributed by atoms with Gasteiger partial charge in [-0.1, -0.05) is 18.2 Å². The van der Waals surface area contributed by atoms with Gasteiger partial charge in [0.25, 0.3) is 11.6 Å². The zero-order valence-corrected chi connectivity index (χ0v) is 18.4. The normalized spacial score (nSPS) is 18.7. The monoisotopic (exact) mass is 441 g/mol. The van der Waals surface area contributed by atoms with Crippen LogP contribution < -0.4 is 5.32 Å². The van der Waals surface area contributed by atoms with Gasteiger partial charge in [-0.15, -0.1) is 0 Å². The quantitative estimate of drug-likeness (QED) is 0.399. The molecule has 170 valence electrons. The van der Waals surface area contributed by atoms with Crippen LogP contribution in [0.15, 0.2) is 42.5 Å². The minimum absolute atomic E-state index is 0.0964. The van der Waals surface area contributed by atoms with Crippen LogP contribution in [0.2, 0.25) is 0 Å². The summed E-state index contributed by atoms with van der Waals surface area (Å²) in [5.41, 5.74) is 1.95. The van der Waals surface area contributed by atoms with Crippen LogP contribution in [-0.2, 0) is 20.8 Å². The average molecular weight is 441 g/mol. The van der Waals surface area contributed by atoms with Crippen molar-refractivity contribution in [2.45, 2.75) is 39.5 Å². The van der Waals surface area contributed by atoms with Gasteiger partial charge in [-0.3, -0.25) is 19.8 Å². The fourth-order valence-corrected chi connectivity index (χ4v) is 3.78. The van der Waals surface area contributed by atoms with E-state index >= 15 is 0 Å². The van der Waals surface area contributed by atoms with Gasteiger partial charge in [-0.05, 0) is 44.5 Å². The molecule has 2 unspecified atom stereocenters. The van der Waals surface area contributed by atoms with Crippen LogP contribution in [0.3, 0.4) is 0 Å². The van der Waals surface area contributed by atoms with Gasteiger partial charge in [-0.2, -0.15) is 0 Å². The molecule has 1 N–H and O–H groups in total. The summed E-state index contributed by atoms with van der Waals surface area (Å²) >= 11 is 0. The summed E-state index contributed by atoms with van der Waals surface area (Å²) in [6.07, 6.45) is 0.370. The van der Waals surface area contributed by atoms with E-state index in [0.717, 1.165) is 25.2 Å². The van der Waals surface area contributed by atoms with E-state index in [1.807, 2.05) is 12.1 Å². The first-order valence-corrected chi connectivity index (χ1v) is 10.4. The third kappa shape index (κ3) is 6.12. The minimum Gasteiger partial charge on any atom is -0.452 e. The molecule has 1 heterocycles. The van der Waals surface area contributed by atoms with Crippen LogP contribution in [0.25, 0.3) is 0 Å². The first-order chi connectivity index (χ1) is 15.2. The molecule has 0 aliphatic carbocycles. The highest BCUT2D eigenvalue weighted by Crippen LogP contribution is 2.25. The Bertz CT molecular complexity index is 982. The molecule has 32 heavy (non-hydrogen) atoms. The van der Waals surface area contributed by atoms with Crippen molar-refractivity contribution in [3.63, 3.8) is 0 Å². The molecule has 0 bridgehead atoms.